The van der Waals surface area contributed by atoms with Gasteiger partial charge in [0.1, 0.15) is 0 Å². The molecule has 0 amide bonds. The molecule has 0 aromatic rings. The number of fused-ring (bicyclic) bond motifs is 1. The van der Waals surface area contributed by atoms with Crippen LogP contribution in [-0.2, 0) is 0 Å². The van der Waals surface area contributed by atoms with Crippen molar-refractivity contribution in [2.75, 3.05) is 13.1 Å². The fraction of sp³-hybridized carbons (Fsp3) is 0.938. The van der Waals surface area contributed by atoms with E-state index in [1.54, 1.807) is 0 Å². The van der Waals surface area contributed by atoms with Gasteiger partial charge in [-0.3, -0.25) is 5.32 Å². The summed E-state index contributed by atoms with van der Waals surface area (Å²) in [4.78, 5) is 2.70. The van der Waals surface area contributed by atoms with Crippen LogP contribution in [0.15, 0.2) is 0 Å². The van der Waals surface area contributed by atoms with Crippen LogP contribution < -0.4 is 5.32 Å². The maximum Gasteiger partial charge on any atom is 0.0967 e. The molecule has 2 aliphatic carbocycles. The SMILES string of the molecule is N#CC(CCN1CCC[C@H]2CCCC[C@H]21)NC1CC1. The zero-order valence-electron chi connectivity index (χ0n) is 12.0. The molecule has 0 radical (unpaired) electrons. The standard InChI is InChI=1S/C16H27N3/c17-12-15(18-14-7-8-14)9-11-19-10-3-5-13-4-1-2-6-16(13)19/h13-16,18H,1-11H2/t13-,15?,16-/m1/s1. The molecular weight excluding hydrogens is 234 g/mol. The summed E-state index contributed by atoms with van der Waals surface area (Å²) in [5, 5.41) is 12.7. The summed E-state index contributed by atoms with van der Waals surface area (Å²) in [5.74, 6) is 0.958. The monoisotopic (exact) mass is 261 g/mol. The lowest BCUT2D eigenvalue weighted by atomic mass is 9.78. The summed E-state index contributed by atoms with van der Waals surface area (Å²) in [6.45, 7) is 2.39. The van der Waals surface area contributed by atoms with Crippen molar-refractivity contribution in [2.45, 2.75) is 75.9 Å². The van der Waals surface area contributed by atoms with Crippen LogP contribution in [0.1, 0.15) is 57.8 Å². The molecule has 1 unspecified atom stereocenters. The maximum atomic E-state index is 9.23. The summed E-state index contributed by atoms with van der Waals surface area (Å²) in [5.41, 5.74) is 0. The largest absolute Gasteiger partial charge is 0.300 e. The van der Waals surface area contributed by atoms with E-state index in [0.29, 0.717) is 6.04 Å². The highest BCUT2D eigenvalue weighted by Crippen LogP contribution is 2.35. The minimum atomic E-state index is 0.0801. The van der Waals surface area contributed by atoms with Crippen molar-refractivity contribution in [1.82, 2.24) is 10.2 Å². The van der Waals surface area contributed by atoms with Crippen LogP contribution in [0.4, 0.5) is 0 Å². The molecule has 19 heavy (non-hydrogen) atoms. The van der Waals surface area contributed by atoms with Crippen molar-refractivity contribution >= 4 is 0 Å². The topological polar surface area (TPSA) is 39.1 Å². The van der Waals surface area contributed by atoms with Gasteiger partial charge in [-0.2, -0.15) is 5.26 Å². The van der Waals surface area contributed by atoms with Crippen LogP contribution in [0, 0.1) is 17.2 Å². The molecule has 0 spiro atoms. The average molecular weight is 261 g/mol. The summed E-state index contributed by atoms with van der Waals surface area (Å²) < 4.78 is 0. The number of likely N-dealkylation sites (tertiary alicyclic amines) is 1. The van der Waals surface area contributed by atoms with Gasteiger partial charge < -0.3 is 4.90 Å². The number of nitriles is 1. The molecule has 3 heteroatoms. The second-order valence-electron chi connectivity index (χ2n) is 6.70. The molecule has 1 aliphatic heterocycles. The average Bonchev–Trinajstić information content (AvgIpc) is 3.27. The lowest BCUT2D eigenvalue weighted by molar-refractivity contribution is 0.0589. The van der Waals surface area contributed by atoms with Crippen molar-refractivity contribution in [1.29, 1.82) is 5.26 Å². The number of piperidine rings is 1. The minimum absolute atomic E-state index is 0.0801. The molecule has 3 fully saturated rings. The van der Waals surface area contributed by atoms with E-state index in [1.807, 2.05) is 0 Å². The number of hydrogen-bond donors (Lipinski definition) is 1. The Morgan fingerprint density at radius 1 is 1.11 bits per heavy atom. The van der Waals surface area contributed by atoms with Crippen LogP contribution in [0.2, 0.25) is 0 Å². The molecule has 3 nitrogen and oxygen atoms in total. The Labute approximate surface area is 117 Å². The lowest BCUT2D eigenvalue weighted by Crippen LogP contribution is -2.48. The highest BCUT2D eigenvalue weighted by atomic mass is 15.2. The second-order valence-corrected chi connectivity index (χ2v) is 6.70. The van der Waals surface area contributed by atoms with E-state index in [2.05, 4.69) is 16.3 Å². The van der Waals surface area contributed by atoms with E-state index in [0.717, 1.165) is 24.9 Å². The molecule has 0 bridgehead atoms. The van der Waals surface area contributed by atoms with E-state index in [1.165, 1.54) is 57.9 Å². The van der Waals surface area contributed by atoms with Gasteiger partial charge in [0.2, 0.25) is 0 Å². The lowest BCUT2D eigenvalue weighted by Gasteiger charge is -2.44. The smallest absolute Gasteiger partial charge is 0.0967 e. The molecule has 0 aromatic heterocycles. The van der Waals surface area contributed by atoms with Gasteiger partial charge in [0.05, 0.1) is 12.1 Å². The van der Waals surface area contributed by atoms with Crippen molar-refractivity contribution in [3.05, 3.63) is 0 Å². The molecule has 1 saturated heterocycles. The Balaban J connectivity index is 1.48. The van der Waals surface area contributed by atoms with Crippen LogP contribution in [0.25, 0.3) is 0 Å². The maximum absolute atomic E-state index is 9.23. The zero-order valence-corrected chi connectivity index (χ0v) is 12.0. The third-order valence-corrected chi connectivity index (χ3v) is 5.23. The number of nitrogens with one attached hydrogen (secondary N) is 1. The summed E-state index contributed by atoms with van der Waals surface area (Å²) in [6, 6.07) is 4.01. The zero-order chi connectivity index (χ0) is 13.1. The van der Waals surface area contributed by atoms with E-state index >= 15 is 0 Å². The first-order valence-corrected chi connectivity index (χ1v) is 8.26. The summed E-state index contributed by atoms with van der Waals surface area (Å²) in [6.07, 6.45) is 12.1. The fourth-order valence-electron chi connectivity index (χ4n) is 4.02. The number of rotatable bonds is 5. The van der Waals surface area contributed by atoms with Crippen molar-refractivity contribution in [2.24, 2.45) is 5.92 Å². The van der Waals surface area contributed by atoms with Crippen molar-refractivity contribution in [3.8, 4) is 6.07 Å². The Morgan fingerprint density at radius 2 is 1.89 bits per heavy atom. The number of nitrogens with zero attached hydrogens (tertiary/aromatic N) is 2. The normalized spacial score (nSPS) is 33.4. The predicted octanol–water partition coefficient (Wildman–Crippen LogP) is 2.68. The van der Waals surface area contributed by atoms with Gasteiger partial charge in [-0.25, -0.2) is 0 Å². The Kier molecular flexibility index (Phi) is 4.40. The minimum Gasteiger partial charge on any atom is -0.300 e. The van der Waals surface area contributed by atoms with Gasteiger partial charge in [0, 0.05) is 18.6 Å². The number of hydrogen-bond acceptors (Lipinski definition) is 3. The van der Waals surface area contributed by atoms with Gasteiger partial charge in [-0.1, -0.05) is 12.8 Å². The molecule has 1 heterocycles. The van der Waals surface area contributed by atoms with Crippen LogP contribution in [-0.4, -0.2) is 36.1 Å². The third-order valence-electron chi connectivity index (χ3n) is 5.23. The first kappa shape index (κ1) is 13.4. The summed E-state index contributed by atoms with van der Waals surface area (Å²) in [7, 11) is 0. The van der Waals surface area contributed by atoms with E-state index in [-0.39, 0.29) is 6.04 Å². The molecule has 1 N–H and O–H groups in total. The first-order valence-electron chi connectivity index (χ1n) is 8.26. The fourth-order valence-corrected chi connectivity index (χ4v) is 4.02. The molecule has 3 atom stereocenters. The third kappa shape index (κ3) is 3.49. The van der Waals surface area contributed by atoms with E-state index in [9.17, 15) is 5.26 Å². The van der Waals surface area contributed by atoms with Crippen LogP contribution >= 0.6 is 0 Å². The first-order chi connectivity index (χ1) is 9.36. The summed E-state index contributed by atoms with van der Waals surface area (Å²) >= 11 is 0. The van der Waals surface area contributed by atoms with Gasteiger partial charge in [-0.15, -0.1) is 0 Å². The molecule has 3 aliphatic rings. The van der Waals surface area contributed by atoms with Gasteiger partial charge in [0.15, 0.2) is 0 Å². The van der Waals surface area contributed by atoms with Crippen LogP contribution in [0.5, 0.6) is 0 Å². The quantitative estimate of drug-likeness (QED) is 0.827. The second kappa shape index (κ2) is 6.24. The molecular formula is C16H27N3. The van der Waals surface area contributed by atoms with E-state index < -0.39 is 0 Å². The highest BCUT2D eigenvalue weighted by molar-refractivity contribution is 4.97. The Morgan fingerprint density at radius 3 is 2.68 bits per heavy atom. The highest BCUT2D eigenvalue weighted by Gasteiger charge is 2.33. The van der Waals surface area contributed by atoms with Gasteiger partial charge >= 0.3 is 0 Å². The van der Waals surface area contributed by atoms with Gasteiger partial charge in [-0.05, 0) is 57.4 Å². The van der Waals surface area contributed by atoms with E-state index in [4.69, 9.17) is 0 Å². The molecule has 106 valence electrons. The predicted molar refractivity (Wildman–Crippen MR) is 76.7 cm³/mol. The van der Waals surface area contributed by atoms with Crippen molar-refractivity contribution < 1.29 is 0 Å². The Hall–Kier alpha value is -0.590. The molecule has 3 rings (SSSR count). The van der Waals surface area contributed by atoms with Gasteiger partial charge in [0.25, 0.3) is 0 Å². The van der Waals surface area contributed by atoms with Crippen LogP contribution in [0.3, 0.4) is 0 Å². The molecule has 0 aromatic carbocycles. The Bertz CT molecular complexity index is 329. The molecule has 2 saturated carbocycles. The van der Waals surface area contributed by atoms with Crippen molar-refractivity contribution in [3.63, 3.8) is 0 Å².